The Morgan fingerprint density at radius 2 is 1.54 bits per heavy atom. The number of thioether (sulfide) groups is 1. The van der Waals surface area contributed by atoms with Gasteiger partial charge in [-0.3, -0.25) is 9.79 Å². The summed E-state index contributed by atoms with van der Waals surface area (Å²) in [4.78, 5) is 16.5. The summed E-state index contributed by atoms with van der Waals surface area (Å²) < 4.78 is 123. The highest BCUT2D eigenvalue weighted by Crippen LogP contribution is 2.50. The van der Waals surface area contributed by atoms with Gasteiger partial charge in [-0.2, -0.15) is 51.3 Å². The van der Waals surface area contributed by atoms with Crippen molar-refractivity contribution in [2.45, 2.75) is 43.7 Å². The number of carbonyl (C=O) groups excluding carboxylic acids is 1. The van der Waals surface area contributed by atoms with Gasteiger partial charge in [0.15, 0.2) is 5.78 Å². The number of hydrogen-bond donors (Lipinski definition) is 0. The number of hydrogen-bond acceptors (Lipinski definition) is 3. The van der Waals surface area contributed by atoms with Gasteiger partial charge in [0.25, 0.3) is 0 Å². The monoisotopic (exact) mass is 553 g/mol. The van der Waals surface area contributed by atoms with Gasteiger partial charge in [-0.05, 0) is 65.3 Å². The van der Waals surface area contributed by atoms with Crippen LogP contribution in [0.4, 0.5) is 39.5 Å². The predicted octanol–water partition coefficient (Wildman–Crippen LogP) is 7.66. The van der Waals surface area contributed by atoms with Crippen molar-refractivity contribution in [3.05, 3.63) is 69.8 Å². The number of aryl methyl sites for hydroxylation is 1. The number of carbonyl (C=O) groups is 1. The molecule has 2 aliphatic heterocycles. The fourth-order valence-corrected chi connectivity index (χ4v) is 5.33. The van der Waals surface area contributed by atoms with Gasteiger partial charge in [-0.1, -0.05) is 12.1 Å². The van der Waals surface area contributed by atoms with Crippen LogP contribution in [0.15, 0.2) is 41.4 Å². The van der Waals surface area contributed by atoms with Crippen molar-refractivity contribution < 1.29 is 44.3 Å². The van der Waals surface area contributed by atoms with Crippen LogP contribution in [0, 0.1) is 12.8 Å². The molecule has 2 aromatic carbocycles. The molecule has 4 rings (SSSR count). The maximum absolute atomic E-state index is 14.4. The van der Waals surface area contributed by atoms with Gasteiger partial charge >= 0.3 is 18.5 Å². The van der Waals surface area contributed by atoms with E-state index in [4.69, 9.17) is 0 Å². The van der Waals surface area contributed by atoms with Gasteiger partial charge < -0.3 is 0 Å². The van der Waals surface area contributed by atoms with Crippen LogP contribution < -0.4 is 0 Å². The summed E-state index contributed by atoms with van der Waals surface area (Å²) in [6.07, 6.45) is -16.4. The lowest BCUT2D eigenvalue weighted by Gasteiger charge is -2.32. The molecule has 0 aromatic heterocycles. The van der Waals surface area contributed by atoms with E-state index in [1.165, 1.54) is 18.2 Å². The third kappa shape index (κ3) is 5.39. The minimum absolute atomic E-state index is 0.101. The molecule has 2 aromatic rings. The molecule has 37 heavy (non-hydrogen) atoms. The zero-order valence-corrected chi connectivity index (χ0v) is 20.1. The number of nitrogens with zero attached hydrogens (tertiary/aromatic N) is 1. The summed E-state index contributed by atoms with van der Waals surface area (Å²) in [5.74, 6) is 1.93. The highest BCUT2D eigenvalue weighted by molar-refractivity contribution is 8.00. The lowest BCUT2D eigenvalue weighted by atomic mass is 9.75. The molecule has 2 aliphatic rings. The Hall–Kier alpha value is -2.50. The maximum Gasteiger partial charge on any atom is 0.416 e. The summed E-state index contributed by atoms with van der Waals surface area (Å²) >= 11 is 1.73. The molecule has 0 N–H and O–H groups in total. The first-order valence-corrected chi connectivity index (χ1v) is 12.3. The Morgan fingerprint density at radius 1 is 0.946 bits per heavy atom. The molecule has 1 fully saturated rings. The van der Waals surface area contributed by atoms with Crippen molar-refractivity contribution >= 4 is 23.3 Å². The molecule has 200 valence electrons. The van der Waals surface area contributed by atoms with E-state index in [-0.39, 0.29) is 41.2 Å². The minimum atomic E-state index is -5.29. The van der Waals surface area contributed by atoms with Crippen LogP contribution in [0.3, 0.4) is 0 Å². The summed E-state index contributed by atoms with van der Waals surface area (Å²) in [6, 6.07) is 4.39. The third-order valence-electron chi connectivity index (χ3n) is 6.73. The summed E-state index contributed by atoms with van der Waals surface area (Å²) in [7, 11) is 0. The number of aliphatic imine (C=N–C) groups is 1. The highest BCUT2D eigenvalue weighted by Gasteiger charge is 2.59. The zero-order valence-electron chi connectivity index (χ0n) is 19.2. The number of alkyl halides is 9. The molecule has 0 aliphatic carbocycles. The number of ketones is 1. The number of rotatable bonds is 5. The fourth-order valence-electron chi connectivity index (χ4n) is 4.53. The van der Waals surface area contributed by atoms with Crippen LogP contribution in [0.25, 0.3) is 0 Å². The second-order valence-electron chi connectivity index (χ2n) is 9.37. The van der Waals surface area contributed by atoms with Gasteiger partial charge in [0, 0.05) is 24.1 Å². The quantitative estimate of drug-likeness (QED) is 0.281. The standard InChI is InChI=1S/C25H20F9NOS/c1-13-4-15(2-3-19(13)21(36)5-14-10-37-11-14)20-9-22(12-35-20,25(32,33)34)16-6-17(23(26,27)28)8-18(7-16)24(29,30)31/h2-4,6-8,14H,5,9-12H2,1H3. The topological polar surface area (TPSA) is 29.4 Å². The Kier molecular flexibility index (Phi) is 6.96. The summed E-state index contributed by atoms with van der Waals surface area (Å²) in [5, 5.41) is 0. The van der Waals surface area contributed by atoms with E-state index in [0.717, 1.165) is 11.5 Å². The summed E-state index contributed by atoms with van der Waals surface area (Å²) in [6.45, 7) is 0.546. The zero-order chi connectivity index (χ0) is 27.4. The number of Topliss-reactive ketones (excluding diaryl/α,β-unsaturated/α-hetero) is 1. The first kappa shape index (κ1) is 27.5. The van der Waals surface area contributed by atoms with E-state index in [2.05, 4.69) is 4.99 Å². The fraction of sp³-hybridized carbons (Fsp3) is 0.440. The van der Waals surface area contributed by atoms with Gasteiger partial charge in [0.05, 0.1) is 17.7 Å². The second-order valence-corrected chi connectivity index (χ2v) is 10.4. The summed E-state index contributed by atoms with van der Waals surface area (Å²) in [5.41, 5.74) is -6.84. The van der Waals surface area contributed by atoms with E-state index in [1.54, 1.807) is 18.7 Å². The van der Waals surface area contributed by atoms with Gasteiger partial charge in [-0.15, -0.1) is 0 Å². The molecule has 0 amide bonds. The highest BCUT2D eigenvalue weighted by atomic mass is 32.2. The molecule has 1 unspecified atom stereocenters. The Bertz CT molecular complexity index is 1210. The van der Waals surface area contributed by atoms with E-state index in [1.807, 2.05) is 0 Å². The van der Waals surface area contributed by atoms with Crippen LogP contribution in [0.1, 0.15) is 51.0 Å². The van der Waals surface area contributed by atoms with Crippen LogP contribution in [-0.2, 0) is 17.8 Å². The van der Waals surface area contributed by atoms with Crippen molar-refractivity contribution in [3.8, 4) is 0 Å². The number of halogens is 9. The van der Waals surface area contributed by atoms with Gasteiger partial charge in [0.1, 0.15) is 5.41 Å². The van der Waals surface area contributed by atoms with E-state index >= 15 is 0 Å². The average molecular weight is 553 g/mol. The predicted molar refractivity (Wildman–Crippen MR) is 121 cm³/mol. The first-order valence-electron chi connectivity index (χ1n) is 11.1. The first-order chi connectivity index (χ1) is 17.0. The molecular weight excluding hydrogens is 533 g/mol. The largest absolute Gasteiger partial charge is 0.416 e. The van der Waals surface area contributed by atoms with E-state index in [0.29, 0.717) is 17.5 Å². The molecule has 2 heterocycles. The smallest absolute Gasteiger partial charge is 0.294 e. The lowest BCUT2D eigenvalue weighted by molar-refractivity contribution is -0.184. The van der Waals surface area contributed by atoms with Crippen molar-refractivity contribution in [1.82, 2.24) is 0 Å². The van der Waals surface area contributed by atoms with Crippen LogP contribution in [0.2, 0.25) is 0 Å². The van der Waals surface area contributed by atoms with Crippen LogP contribution >= 0.6 is 11.8 Å². The molecule has 12 heteroatoms. The Morgan fingerprint density at radius 3 is 2.00 bits per heavy atom. The van der Waals surface area contributed by atoms with E-state index in [9.17, 15) is 44.3 Å². The molecule has 0 saturated carbocycles. The van der Waals surface area contributed by atoms with E-state index < -0.39 is 53.6 Å². The maximum atomic E-state index is 14.4. The van der Waals surface area contributed by atoms with Gasteiger partial charge in [0.2, 0.25) is 0 Å². The Labute approximate surface area is 210 Å². The Balaban J connectivity index is 1.70. The minimum Gasteiger partial charge on any atom is -0.294 e. The SMILES string of the molecule is Cc1cc(C2=NCC(c3cc(C(F)(F)F)cc(C(F)(F)F)c3)(C(F)(F)F)C2)ccc1C(=O)CC1CSC1. The molecular formula is C25H20F9NOS. The molecule has 0 spiro atoms. The van der Waals surface area contributed by atoms with Crippen molar-refractivity contribution in [2.24, 2.45) is 10.9 Å². The van der Waals surface area contributed by atoms with Crippen molar-refractivity contribution in [1.29, 1.82) is 0 Å². The number of benzene rings is 2. The van der Waals surface area contributed by atoms with Crippen molar-refractivity contribution in [3.63, 3.8) is 0 Å². The second kappa shape index (κ2) is 9.36. The van der Waals surface area contributed by atoms with Crippen LogP contribution in [0.5, 0.6) is 0 Å². The molecule has 2 nitrogen and oxygen atoms in total. The molecule has 1 saturated heterocycles. The molecule has 1 atom stereocenters. The third-order valence-corrected chi connectivity index (χ3v) is 8.15. The molecule has 0 radical (unpaired) electrons. The average Bonchev–Trinajstić information content (AvgIpc) is 3.21. The van der Waals surface area contributed by atoms with Gasteiger partial charge in [-0.25, -0.2) is 0 Å². The lowest BCUT2D eigenvalue weighted by Crippen LogP contribution is -2.44. The van der Waals surface area contributed by atoms with Crippen LogP contribution in [-0.4, -0.2) is 35.7 Å². The normalized spacial score (nSPS) is 21.1. The van der Waals surface area contributed by atoms with Crippen molar-refractivity contribution in [2.75, 3.05) is 18.1 Å². The molecule has 0 bridgehead atoms.